The summed E-state index contributed by atoms with van der Waals surface area (Å²) in [6, 6.07) is 8.84. The molecule has 2 aliphatic rings. The quantitative estimate of drug-likeness (QED) is 0.627. The summed E-state index contributed by atoms with van der Waals surface area (Å²) in [4.78, 5) is 44.1. The minimum absolute atomic E-state index is 0.0387. The average Bonchev–Trinajstić information content (AvgIpc) is 3.50. The van der Waals surface area contributed by atoms with Gasteiger partial charge < -0.3 is 20.6 Å². The summed E-state index contributed by atoms with van der Waals surface area (Å²) >= 11 is 0. The summed E-state index contributed by atoms with van der Waals surface area (Å²) in [5, 5.41) is 15.3. The van der Waals surface area contributed by atoms with Gasteiger partial charge in [0.15, 0.2) is 0 Å². The highest BCUT2D eigenvalue weighted by atomic mass is 16.3. The number of aromatic hydroxyl groups is 1. The Kier molecular flexibility index (Phi) is 6.10. The SMILES string of the molecule is CC1CCC(C)N1C(=O)c1ccc([C@@H](C)NC(=O)C2(NC(=O)c3cncc(O)c3)CC2)cc1. The van der Waals surface area contributed by atoms with E-state index in [1.807, 2.05) is 36.1 Å². The van der Waals surface area contributed by atoms with E-state index in [1.54, 1.807) is 0 Å². The summed E-state index contributed by atoms with van der Waals surface area (Å²) in [5.74, 6) is -0.777. The molecule has 2 aromatic rings. The Labute approximate surface area is 193 Å². The third kappa shape index (κ3) is 4.69. The van der Waals surface area contributed by atoms with Crippen molar-refractivity contribution in [2.45, 2.75) is 70.1 Å². The Morgan fingerprint density at radius 3 is 2.27 bits per heavy atom. The van der Waals surface area contributed by atoms with E-state index in [4.69, 9.17) is 0 Å². The molecule has 2 heterocycles. The fraction of sp³-hybridized carbons (Fsp3) is 0.440. The number of amides is 3. The molecule has 3 amide bonds. The Morgan fingerprint density at radius 1 is 1.06 bits per heavy atom. The fourth-order valence-electron chi connectivity index (χ4n) is 4.45. The van der Waals surface area contributed by atoms with Gasteiger partial charge in [-0.3, -0.25) is 19.4 Å². The summed E-state index contributed by atoms with van der Waals surface area (Å²) < 4.78 is 0. The summed E-state index contributed by atoms with van der Waals surface area (Å²) in [6.07, 6.45) is 5.72. The van der Waals surface area contributed by atoms with Gasteiger partial charge in [-0.15, -0.1) is 0 Å². The molecule has 174 valence electrons. The maximum absolute atomic E-state index is 12.9. The largest absolute Gasteiger partial charge is 0.506 e. The second-order valence-electron chi connectivity index (χ2n) is 9.27. The smallest absolute Gasteiger partial charge is 0.254 e. The number of carbonyl (C=O) groups excluding carboxylic acids is 3. The third-order valence-corrected chi connectivity index (χ3v) is 6.72. The van der Waals surface area contributed by atoms with Crippen LogP contribution in [0.2, 0.25) is 0 Å². The number of pyridine rings is 1. The number of carbonyl (C=O) groups is 3. The highest BCUT2D eigenvalue weighted by Crippen LogP contribution is 2.36. The molecular formula is C25H30N4O4. The molecule has 1 aromatic carbocycles. The first-order chi connectivity index (χ1) is 15.7. The first-order valence-corrected chi connectivity index (χ1v) is 11.4. The maximum atomic E-state index is 12.9. The summed E-state index contributed by atoms with van der Waals surface area (Å²) in [7, 11) is 0. The molecule has 2 unspecified atom stereocenters. The van der Waals surface area contributed by atoms with Crippen molar-refractivity contribution in [3.63, 3.8) is 0 Å². The van der Waals surface area contributed by atoms with Crippen LogP contribution in [-0.4, -0.2) is 50.3 Å². The van der Waals surface area contributed by atoms with Crippen LogP contribution in [0.5, 0.6) is 5.75 Å². The highest BCUT2D eigenvalue weighted by Gasteiger charge is 2.51. The zero-order valence-corrected chi connectivity index (χ0v) is 19.2. The van der Waals surface area contributed by atoms with Crippen LogP contribution in [0.4, 0.5) is 0 Å². The topological polar surface area (TPSA) is 112 Å². The Balaban J connectivity index is 1.37. The van der Waals surface area contributed by atoms with Crippen molar-refractivity contribution in [3.05, 3.63) is 59.4 Å². The number of hydrogen-bond acceptors (Lipinski definition) is 5. The van der Waals surface area contributed by atoms with Crippen LogP contribution in [0.3, 0.4) is 0 Å². The molecule has 8 nitrogen and oxygen atoms in total. The lowest BCUT2D eigenvalue weighted by molar-refractivity contribution is -0.124. The molecule has 0 spiro atoms. The molecule has 1 aromatic heterocycles. The maximum Gasteiger partial charge on any atom is 0.254 e. The first-order valence-electron chi connectivity index (χ1n) is 11.4. The predicted molar refractivity (Wildman–Crippen MR) is 123 cm³/mol. The van der Waals surface area contributed by atoms with Crippen LogP contribution in [-0.2, 0) is 4.79 Å². The van der Waals surface area contributed by atoms with Gasteiger partial charge in [0.2, 0.25) is 5.91 Å². The van der Waals surface area contributed by atoms with E-state index in [0.29, 0.717) is 18.4 Å². The molecule has 0 radical (unpaired) electrons. The number of benzene rings is 1. The van der Waals surface area contributed by atoms with Gasteiger partial charge in [-0.1, -0.05) is 12.1 Å². The second-order valence-corrected chi connectivity index (χ2v) is 9.27. The van der Waals surface area contributed by atoms with E-state index >= 15 is 0 Å². The Hall–Kier alpha value is -3.42. The van der Waals surface area contributed by atoms with E-state index in [1.165, 1.54) is 18.5 Å². The lowest BCUT2D eigenvalue weighted by atomic mass is 10.0. The van der Waals surface area contributed by atoms with Crippen LogP contribution in [0.25, 0.3) is 0 Å². The Morgan fingerprint density at radius 2 is 1.70 bits per heavy atom. The molecular weight excluding hydrogens is 420 g/mol. The van der Waals surface area contributed by atoms with Crippen molar-refractivity contribution in [2.75, 3.05) is 0 Å². The number of hydrogen-bond donors (Lipinski definition) is 3. The summed E-state index contributed by atoms with van der Waals surface area (Å²) in [6.45, 7) is 6.03. The van der Waals surface area contributed by atoms with Crippen molar-refractivity contribution in [1.82, 2.24) is 20.5 Å². The normalized spacial score (nSPS) is 21.8. The highest BCUT2D eigenvalue weighted by molar-refractivity contribution is 6.00. The van der Waals surface area contributed by atoms with Gasteiger partial charge in [0.25, 0.3) is 11.8 Å². The molecule has 33 heavy (non-hydrogen) atoms. The number of aromatic nitrogens is 1. The van der Waals surface area contributed by atoms with Gasteiger partial charge in [0, 0.05) is 23.8 Å². The van der Waals surface area contributed by atoms with Gasteiger partial charge in [-0.05, 0) is 70.2 Å². The minimum atomic E-state index is -0.950. The lowest BCUT2D eigenvalue weighted by Gasteiger charge is -2.26. The van der Waals surface area contributed by atoms with Crippen molar-refractivity contribution in [3.8, 4) is 5.75 Å². The molecule has 2 fully saturated rings. The van der Waals surface area contributed by atoms with Gasteiger partial charge in [-0.25, -0.2) is 0 Å². The Bertz CT molecular complexity index is 1050. The summed E-state index contributed by atoms with van der Waals surface area (Å²) in [5.41, 5.74) is 0.767. The van der Waals surface area contributed by atoms with E-state index in [9.17, 15) is 19.5 Å². The van der Waals surface area contributed by atoms with Crippen molar-refractivity contribution < 1.29 is 19.5 Å². The van der Waals surface area contributed by atoms with Gasteiger partial charge in [0.05, 0.1) is 17.8 Å². The predicted octanol–water partition coefficient (Wildman–Crippen LogP) is 2.94. The molecule has 3 N–H and O–H groups in total. The van der Waals surface area contributed by atoms with Gasteiger partial charge in [-0.2, -0.15) is 0 Å². The minimum Gasteiger partial charge on any atom is -0.506 e. The molecule has 1 aliphatic heterocycles. The van der Waals surface area contributed by atoms with E-state index in [0.717, 1.165) is 18.4 Å². The zero-order chi connectivity index (χ0) is 23.8. The van der Waals surface area contributed by atoms with Gasteiger partial charge >= 0.3 is 0 Å². The standard InChI is InChI=1S/C25H30N4O4/c1-15-4-5-16(2)29(15)23(32)19-8-6-18(7-9-19)17(3)27-24(33)25(10-11-25)28-22(31)20-12-21(30)14-26-13-20/h6-9,12-17,30H,4-5,10-11H2,1-3H3,(H,27,33)(H,28,31)/t15?,16?,17-/m1/s1. The molecule has 1 saturated heterocycles. The average molecular weight is 451 g/mol. The van der Waals surface area contributed by atoms with Crippen LogP contribution < -0.4 is 10.6 Å². The van der Waals surface area contributed by atoms with E-state index in [-0.39, 0.29) is 41.3 Å². The van der Waals surface area contributed by atoms with Crippen LogP contribution in [0.15, 0.2) is 42.7 Å². The van der Waals surface area contributed by atoms with Crippen LogP contribution >= 0.6 is 0 Å². The van der Waals surface area contributed by atoms with Crippen molar-refractivity contribution >= 4 is 17.7 Å². The first kappa shape index (κ1) is 22.8. The molecule has 3 atom stereocenters. The number of likely N-dealkylation sites (tertiary alicyclic amines) is 1. The van der Waals surface area contributed by atoms with Crippen LogP contribution in [0, 0.1) is 0 Å². The van der Waals surface area contributed by atoms with Crippen molar-refractivity contribution in [1.29, 1.82) is 0 Å². The number of nitrogens with one attached hydrogen (secondary N) is 2. The molecule has 0 bridgehead atoms. The number of rotatable bonds is 6. The van der Waals surface area contributed by atoms with Crippen molar-refractivity contribution in [2.24, 2.45) is 0 Å². The zero-order valence-electron chi connectivity index (χ0n) is 19.2. The molecule has 8 heteroatoms. The molecule has 1 saturated carbocycles. The van der Waals surface area contributed by atoms with Crippen LogP contribution in [0.1, 0.15) is 78.8 Å². The lowest BCUT2D eigenvalue weighted by Crippen LogP contribution is -2.49. The monoisotopic (exact) mass is 450 g/mol. The molecule has 1 aliphatic carbocycles. The molecule has 4 rings (SSSR count). The van der Waals surface area contributed by atoms with Gasteiger partial charge in [0.1, 0.15) is 11.3 Å². The van der Waals surface area contributed by atoms with E-state index in [2.05, 4.69) is 29.5 Å². The second kappa shape index (κ2) is 8.84. The fourth-order valence-corrected chi connectivity index (χ4v) is 4.45. The third-order valence-electron chi connectivity index (χ3n) is 6.72. The van der Waals surface area contributed by atoms with E-state index < -0.39 is 11.4 Å². The number of nitrogens with zero attached hydrogens (tertiary/aromatic N) is 2.